The first-order valence-corrected chi connectivity index (χ1v) is 17.8. The predicted octanol–water partition coefficient (Wildman–Crippen LogP) is 4.37. The Kier molecular flexibility index (Phi) is 12.8. The molecule has 0 radical (unpaired) electrons. The van der Waals surface area contributed by atoms with Gasteiger partial charge in [0.05, 0.1) is 35.3 Å². The van der Waals surface area contributed by atoms with Gasteiger partial charge in [-0.1, -0.05) is 12.1 Å². The smallest absolute Gasteiger partial charge is 0.410 e. The zero-order valence-electron chi connectivity index (χ0n) is 26.6. The Morgan fingerprint density at radius 2 is 1.43 bits per heavy atom. The average Bonchev–Trinajstić information content (AvgIpc) is 3.51. The van der Waals surface area contributed by atoms with Crippen molar-refractivity contribution >= 4 is 45.3 Å². The van der Waals surface area contributed by atoms with Crippen molar-refractivity contribution in [3.63, 3.8) is 0 Å². The monoisotopic (exact) mass is 717 g/mol. The van der Waals surface area contributed by atoms with Crippen LogP contribution in [0.4, 0.5) is 21.0 Å². The van der Waals surface area contributed by atoms with Crippen molar-refractivity contribution < 1.29 is 42.1 Å². The van der Waals surface area contributed by atoms with E-state index < -0.39 is 44.1 Å². The average molecular weight is 718 g/mol. The first kappa shape index (κ1) is 36.9. The van der Waals surface area contributed by atoms with Crippen LogP contribution < -0.4 is 14.8 Å². The minimum Gasteiger partial charge on any atom is -0.497 e. The number of non-ortho nitro benzene ring substituents is 2. The van der Waals surface area contributed by atoms with Gasteiger partial charge in [-0.3, -0.25) is 20.2 Å². The standard InChI is InChI=1S/C31H35N5O11S2/c1-45-26-13-7-23(8-14-26)20-48-27-15-29(34(17-27)31(38)47-19-22-5-11-25(12-6-22)36(41)42)28(33-49(2,43)44)16-32-30(37)46-18-21-3-9-24(10-4-21)35(39)40/h3-14,27-29,33H,15-20H2,1-2H3,(H,32,37)/t27-,28?,29-/m0/s1. The Morgan fingerprint density at radius 3 is 1.94 bits per heavy atom. The molecule has 1 unspecified atom stereocenters. The second-order valence-corrected chi connectivity index (χ2v) is 14.2. The summed E-state index contributed by atoms with van der Waals surface area (Å²) in [4.78, 5) is 48.3. The first-order chi connectivity index (χ1) is 23.3. The van der Waals surface area contributed by atoms with Gasteiger partial charge in [0, 0.05) is 48.4 Å². The summed E-state index contributed by atoms with van der Waals surface area (Å²) in [6.07, 6.45) is -0.263. The number of nitrogens with zero attached hydrogens (tertiary/aromatic N) is 3. The van der Waals surface area contributed by atoms with Crippen molar-refractivity contribution in [2.75, 3.05) is 26.5 Å². The number of rotatable bonds is 15. The number of likely N-dealkylation sites (tertiary alicyclic amines) is 1. The van der Waals surface area contributed by atoms with Crippen molar-refractivity contribution in [1.82, 2.24) is 14.9 Å². The lowest BCUT2D eigenvalue weighted by Gasteiger charge is -2.31. The summed E-state index contributed by atoms with van der Waals surface area (Å²) in [6.45, 7) is -0.389. The summed E-state index contributed by atoms with van der Waals surface area (Å²) in [5.74, 6) is 1.31. The van der Waals surface area contributed by atoms with Gasteiger partial charge in [0.15, 0.2) is 0 Å². The summed E-state index contributed by atoms with van der Waals surface area (Å²) < 4.78 is 43.4. The molecule has 16 nitrogen and oxygen atoms in total. The predicted molar refractivity (Wildman–Crippen MR) is 180 cm³/mol. The van der Waals surface area contributed by atoms with Gasteiger partial charge in [-0.05, 0) is 59.5 Å². The van der Waals surface area contributed by atoms with Crippen molar-refractivity contribution in [1.29, 1.82) is 0 Å². The van der Waals surface area contributed by atoms with Crippen molar-refractivity contribution in [3.8, 4) is 5.75 Å². The lowest BCUT2D eigenvalue weighted by Crippen LogP contribution is -2.55. The van der Waals surface area contributed by atoms with E-state index in [0.29, 0.717) is 29.1 Å². The molecule has 1 saturated heterocycles. The number of hydrogen-bond donors (Lipinski definition) is 2. The van der Waals surface area contributed by atoms with Crippen molar-refractivity contribution in [2.24, 2.45) is 0 Å². The van der Waals surface area contributed by atoms with Crippen LogP contribution in [0, 0.1) is 20.2 Å². The maximum absolute atomic E-state index is 13.5. The third kappa shape index (κ3) is 11.3. The number of hydrogen-bond acceptors (Lipinski definition) is 12. The molecule has 1 heterocycles. The highest BCUT2D eigenvalue weighted by Crippen LogP contribution is 2.33. The number of amides is 2. The first-order valence-electron chi connectivity index (χ1n) is 14.8. The van der Waals surface area contributed by atoms with Crippen LogP contribution in [-0.4, -0.2) is 79.1 Å². The van der Waals surface area contributed by atoms with E-state index in [1.54, 1.807) is 18.9 Å². The van der Waals surface area contributed by atoms with Crippen molar-refractivity contribution in [3.05, 3.63) is 110 Å². The van der Waals surface area contributed by atoms with Crippen LogP contribution >= 0.6 is 11.8 Å². The van der Waals surface area contributed by atoms with Gasteiger partial charge in [-0.2, -0.15) is 11.8 Å². The topological polar surface area (TPSA) is 210 Å². The van der Waals surface area contributed by atoms with Crippen LogP contribution in [0.15, 0.2) is 72.8 Å². The molecule has 0 saturated carbocycles. The number of carbonyl (C=O) groups excluding carboxylic acids is 2. The number of nitro groups is 2. The Hall–Kier alpha value is -4.94. The zero-order valence-corrected chi connectivity index (χ0v) is 28.2. The molecule has 3 aromatic rings. The molecule has 18 heteroatoms. The summed E-state index contributed by atoms with van der Waals surface area (Å²) in [7, 11) is -2.24. The number of ether oxygens (including phenoxy) is 3. The van der Waals surface area contributed by atoms with Crippen LogP contribution in [0.3, 0.4) is 0 Å². The number of benzene rings is 3. The highest BCUT2D eigenvalue weighted by molar-refractivity contribution is 7.99. The third-order valence-corrected chi connectivity index (χ3v) is 9.55. The van der Waals surface area contributed by atoms with Gasteiger partial charge in [0.25, 0.3) is 11.4 Å². The lowest BCUT2D eigenvalue weighted by molar-refractivity contribution is -0.385. The molecule has 2 N–H and O–H groups in total. The van der Waals surface area contributed by atoms with Crippen LogP contribution in [0.25, 0.3) is 0 Å². The molecule has 1 fully saturated rings. The van der Waals surface area contributed by atoms with E-state index in [9.17, 15) is 38.2 Å². The molecule has 3 aromatic carbocycles. The zero-order chi connectivity index (χ0) is 35.6. The van der Waals surface area contributed by atoms with Crippen LogP contribution in [0.5, 0.6) is 5.75 Å². The Labute approximate surface area is 286 Å². The largest absolute Gasteiger partial charge is 0.497 e. The molecule has 2 amide bonds. The minimum absolute atomic E-state index is 0.111. The van der Waals surface area contributed by atoms with Gasteiger partial charge in [-0.15, -0.1) is 0 Å². The van der Waals surface area contributed by atoms with Gasteiger partial charge in [0.1, 0.15) is 19.0 Å². The fourth-order valence-corrected chi connectivity index (χ4v) is 7.06. The fraction of sp³-hybridized carbons (Fsp3) is 0.355. The van der Waals surface area contributed by atoms with Crippen LogP contribution in [0.1, 0.15) is 23.1 Å². The molecule has 0 aliphatic carbocycles. The number of nitro benzene ring substituents is 2. The van der Waals surface area contributed by atoms with Crippen molar-refractivity contribution in [2.45, 2.75) is 42.7 Å². The highest BCUT2D eigenvalue weighted by Gasteiger charge is 2.42. The number of sulfonamides is 1. The van der Waals surface area contributed by atoms with E-state index in [1.807, 2.05) is 24.3 Å². The Bertz CT molecular complexity index is 1720. The number of methoxy groups -OCH3 is 1. The summed E-state index contributed by atoms with van der Waals surface area (Å²) >= 11 is 1.58. The Morgan fingerprint density at radius 1 is 0.898 bits per heavy atom. The second kappa shape index (κ2) is 16.9. The molecular formula is C31H35N5O11S2. The van der Waals surface area contributed by atoms with Crippen LogP contribution in [-0.2, 0) is 38.5 Å². The summed E-state index contributed by atoms with van der Waals surface area (Å²) in [5.41, 5.74) is 1.81. The van der Waals surface area contributed by atoms with Gasteiger partial charge >= 0.3 is 12.2 Å². The number of carbonyl (C=O) groups is 2. The number of thioether (sulfide) groups is 1. The quantitative estimate of drug-likeness (QED) is 0.166. The molecule has 0 aromatic heterocycles. The van der Waals surface area contributed by atoms with Gasteiger partial charge in [0.2, 0.25) is 10.0 Å². The third-order valence-electron chi connectivity index (χ3n) is 7.51. The second-order valence-electron chi connectivity index (χ2n) is 11.1. The number of nitrogens with one attached hydrogen (secondary N) is 2. The van der Waals surface area contributed by atoms with Gasteiger partial charge < -0.3 is 24.4 Å². The molecule has 4 rings (SSSR count). The van der Waals surface area contributed by atoms with E-state index in [1.165, 1.54) is 53.4 Å². The fourth-order valence-electron chi connectivity index (χ4n) is 5.05. The molecule has 3 atom stereocenters. The summed E-state index contributed by atoms with van der Waals surface area (Å²) in [6, 6.07) is 16.8. The molecule has 0 spiro atoms. The maximum Gasteiger partial charge on any atom is 0.410 e. The van der Waals surface area contributed by atoms with E-state index in [0.717, 1.165) is 11.8 Å². The highest BCUT2D eigenvalue weighted by atomic mass is 32.2. The van der Waals surface area contributed by atoms with E-state index >= 15 is 0 Å². The molecule has 262 valence electrons. The molecular weight excluding hydrogens is 682 g/mol. The molecule has 1 aliphatic rings. The normalized spacial score (nSPS) is 16.4. The maximum atomic E-state index is 13.5. The van der Waals surface area contributed by atoms with Gasteiger partial charge in [-0.25, -0.2) is 22.7 Å². The summed E-state index contributed by atoms with van der Waals surface area (Å²) in [5, 5.41) is 24.3. The lowest BCUT2D eigenvalue weighted by atomic mass is 10.1. The SMILES string of the molecule is COc1ccc(CS[C@H]2C[C@@H](C(CNC(=O)OCc3ccc([N+](=O)[O-])cc3)NS(C)(=O)=O)N(C(=O)OCc3ccc([N+](=O)[O-])cc3)C2)cc1. The minimum atomic E-state index is -3.82. The number of alkyl carbamates (subject to hydrolysis) is 1. The van der Waals surface area contributed by atoms with E-state index in [-0.39, 0.29) is 42.9 Å². The molecule has 49 heavy (non-hydrogen) atoms. The molecule has 0 bridgehead atoms. The van der Waals surface area contributed by atoms with Crippen LogP contribution in [0.2, 0.25) is 0 Å². The molecule has 1 aliphatic heterocycles. The van der Waals surface area contributed by atoms with E-state index in [2.05, 4.69) is 10.0 Å². The Balaban J connectivity index is 1.45. The van der Waals surface area contributed by atoms with E-state index in [4.69, 9.17) is 14.2 Å².